The first-order valence-corrected chi connectivity index (χ1v) is 6.54. The van der Waals surface area contributed by atoms with Gasteiger partial charge >= 0.3 is 0 Å². The lowest BCUT2D eigenvalue weighted by molar-refractivity contribution is 0.102. The molecule has 5 heteroatoms. The zero-order valence-corrected chi connectivity index (χ0v) is 11.8. The molecule has 21 heavy (non-hydrogen) atoms. The molecule has 0 unspecified atom stereocenters. The first-order chi connectivity index (χ1) is 9.88. The molecule has 0 heterocycles. The van der Waals surface area contributed by atoms with E-state index in [-0.39, 0.29) is 11.3 Å². The normalized spacial score (nSPS) is 10.7. The van der Waals surface area contributed by atoms with E-state index in [1.165, 1.54) is 0 Å². The summed E-state index contributed by atoms with van der Waals surface area (Å²) in [5.74, 6) is -2.38. The van der Waals surface area contributed by atoms with Gasteiger partial charge < -0.3 is 11.1 Å². The van der Waals surface area contributed by atoms with Gasteiger partial charge in [0.25, 0.3) is 5.91 Å². The molecule has 0 bridgehead atoms. The Bertz CT molecular complexity index is 667. The Balaban J connectivity index is 2.20. The molecule has 2 aromatic rings. The summed E-state index contributed by atoms with van der Waals surface area (Å²) >= 11 is 0. The topological polar surface area (TPSA) is 55.1 Å². The van der Waals surface area contributed by atoms with Crippen LogP contribution >= 0.6 is 0 Å². The van der Waals surface area contributed by atoms with E-state index in [4.69, 9.17) is 5.73 Å². The Morgan fingerprint density at radius 1 is 1.10 bits per heavy atom. The number of carbonyl (C=O) groups excluding carboxylic acids is 1. The van der Waals surface area contributed by atoms with E-state index in [0.29, 0.717) is 11.6 Å². The predicted molar refractivity (Wildman–Crippen MR) is 79.3 cm³/mol. The SMILES string of the molecule is CC(C)c1ccc(NC(=O)c2cc(F)c(F)cc2N)cc1. The average molecular weight is 290 g/mol. The molecule has 110 valence electrons. The second-order valence-corrected chi connectivity index (χ2v) is 5.08. The monoisotopic (exact) mass is 290 g/mol. The minimum Gasteiger partial charge on any atom is -0.398 e. The van der Waals surface area contributed by atoms with Crippen molar-refractivity contribution in [3.8, 4) is 0 Å². The van der Waals surface area contributed by atoms with Crippen molar-refractivity contribution in [1.29, 1.82) is 0 Å². The average Bonchev–Trinajstić information content (AvgIpc) is 2.43. The molecular weight excluding hydrogens is 274 g/mol. The van der Waals surface area contributed by atoms with Crippen molar-refractivity contribution in [3.05, 3.63) is 59.2 Å². The van der Waals surface area contributed by atoms with Gasteiger partial charge in [0.15, 0.2) is 11.6 Å². The van der Waals surface area contributed by atoms with E-state index in [9.17, 15) is 13.6 Å². The minimum absolute atomic E-state index is 0.0955. The van der Waals surface area contributed by atoms with E-state index < -0.39 is 17.5 Å². The molecule has 0 aromatic heterocycles. The first-order valence-electron chi connectivity index (χ1n) is 6.54. The highest BCUT2D eigenvalue weighted by molar-refractivity contribution is 6.07. The van der Waals surface area contributed by atoms with Crippen molar-refractivity contribution in [3.63, 3.8) is 0 Å². The highest BCUT2D eigenvalue weighted by atomic mass is 19.2. The summed E-state index contributed by atoms with van der Waals surface area (Å²) in [5.41, 5.74) is 7.04. The van der Waals surface area contributed by atoms with E-state index in [0.717, 1.165) is 17.7 Å². The maximum absolute atomic E-state index is 13.2. The highest BCUT2D eigenvalue weighted by Crippen LogP contribution is 2.20. The number of rotatable bonds is 3. The molecule has 2 aromatic carbocycles. The second-order valence-electron chi connectivity index (χ2n) is 5.08. The summed E-state index contributed by atoms with van der Waals surface area (Å²) in [5, 5.41) is 2.60. The van der Waals surface area contributed by atoms with E-state index in [1.54, 1.807) is 12.1 Å². The standard InChI is InChI=1S/C16H16F2N2O/c1-9(2)10-3-5-11(6-4-10)20-16(21)12-7-13(17)14(18)8-15(12)19/h3-9H,19H2,1-2H3,(H,20,21). The van der Waals surface area contributed by atoms with E-state index in [2.05, 4.69) is 19.2 Å². The molecule has 3 N–H and O–H groups in total. The summed E-state index contributed by atoms with van der Waals surface area (Å²) in [6, 6.07) is 8.89. The number of hydrogen-bond acceptors (Lipinski definition) is 2. The van der Waals surface area contributed by atoms with Crippen LogP contribution in [0.3, 0.4) is 0 Å². The third-order valence-corrected chi connectivity index (χ3v) is 3.17. The van der Waals surface area contributed by atoms with Gasteiger partial charge in [-0.15, -0.1) is 0 Å². The summed E-state index contributed by atoms with van der Waals surface area (Å²) in [7, 11) is 0. The smallest absolute Gasteiger partial charge is 0.257 e. The lowest BCUT2D eigenvalue weighted by Crippen LogP contribution is -2.15. The molecule has 0 aliphatic carbocycles. The molecule has 0 radical (unpaired) electrons. The molecule has 2 rings (SSSR count). The van der Waals surface area contributed by atoms with Crippen LogP contribution < -0.4 is 11.1 Å². The lowest BCUT2D eigenvalue weighted by atomic mass is 10.0. The Hall–Kier alpha value is -2.43. The van der Waals surface area contributed by atoms with Gasteiger partial charge in [0, 0.05) is 17.4 Å². The van der Waals surface area contributed by atoms with Crippen molar-refractivity contribution >= 4 is 17.3 Å². The van der Waals surface area contributed by atoms with E-state index >= 15 is 0 Å². The van der Waals surface area contributed by atoms with Crippen molar-refractivity contribution in [2.24, 2.45) is 0 Å². The molecule has 0 aliphatic rings. The Labute approximate surface area is 121 Å². The molecule has 0 fully saturated rings. The van der Waals surface area contributed by atoms with Crippen LogP contribution in [0, 0.1) is 11.6 Å². The quantitative estimate of drug-likeness (QED) is 0.842. The number of nitrogens with two attached hydrogens (primary N) is 1. The Kier molecular flexibility index (Phi) is 4.21. The molecule has 3 nitrogen and oxygen atoms in total. The van der Waals surface area contributed by atoms with Gasteiger partial charge in [-0.25, -0.2) is 8.78 Å². The zero-order valence-electron chi connectivity index (χ0n) is 11.8. The number of nitrogens with one attached hydrogen (secondary N) is 1. The van der Waals surface area contributed by atoms with Crippen LogP contribution in [0.1, 0.15) is 35.7 Å². The third-order valence-electron chi connectivity index (χ3n) is 3.17. The van der Waals surface area contributed by atoms with Crippen LogP contribution in [0.25, 0.3) is 0 Å². The fourth-order valence-electron chi connectivity index (χ4n) is 1.91. The van der Waals surface area contributed by atoms with Gasteiger partial charge in [0.1, 0.15) is 0 Å². The van der Waals surface area contributed by atoms with Gasteiger partial charge in [0.2, 0.25) is 0 Å². The lowest BCUT2D eigenvalue weighted by Gasteiger charge is -2.10. The first kappa shape index (κ1) is 15.0. The molecule has 0 saturated heterocycles. The highest BCUT2D eigenvalue weighted by Gasteiger charge is 2.14. The van der Waals surface area contributed by atoms with Crippen molar-refractivity contribution in [1.82, 2.24) is 0 Å². The molecule has 0 atom stereocenters. The van der Waals surface area contributed by atoms with Gasteiger partial charge in [-0.3, -0.25) is 4.79 Å². The number of amides is 1. The fourth-order valence-corrected chi connectivity index (χ4v) is 1.91. The summed E-state index contributed by atoms with van der Waals surface area (Å²) in [6.45, 7) is 4.13. The van der Waals surface area contributed by atoms with Crippen molar-refractivity contribution in [2.75, 3.05) is 11.1 Å². The molecular formula is C16H16F2N2O. The van der Waals surface area contributed by atoms with Crippen LogP contribution in [0.5, 0.6) is 0 Å². The van der Waals surface area contributed by atoms with Crippen molar-refractivity contribution in [2.45, 2.75) is 19.8 Å². The number of nitrogen functional groups attached to an aromatic ring is 1. The van der Waals surface area contributed by atoms with Gasteiger partial charge in [-0.1, -0.05) is 26.0 Å². The van der Waals surface area contributed by atoms with Crippen LogP contribution in [0.2, 0.25) is 0 Å². The molecule has 0 aliphatic heterocycles. The predicted octanol–water partition coefficient (Wildman–Crippen LogP) is 3.92. The molecule has 0 saturated carbocycles. The van der Waals surface area contributed by atoms with Crippen LogP contribution in [0.15, 0.2) is 36.4 Å². The largest absolute Gasteiger partial charge is 0.398 e. The van der Waals surface area contributed by atoms with Crippen LogP contribution in [0.4, 0.5) is 20.2 Å². The Morgan fingerprint density at radius 2 is 1.67 bits per heavy atom. The summed E-state index contributed by atoms with van der Waals surface area (Å²) < 4.78 is 26.2. The minimum atomic E-state index is -1.11. The number of anilines is 2. The Morgan fingerprint density at radius 3 is 2.24 bits per heavy atom. The zero-order chi connectivity index (χ0) is 15.6. The number of carbonyl (C=O) groups is 1. The second kappa shape index (κ2) is 5.91. The summed E-state index contributed by atoms with van der Waals surface area (Å²) in [4.78, 5) is 12.0. The number of hydrogen-bond donors (Lipinski definition) is 2. The van der Waals surface area contributed by atoms with Gasteiger partial charge in [-0.05, 0) is 29.7 Å². The van der Waals surface area contributed by atoms with Crippen molar-refractivity contribution < 1.29 is 13.6 Å². The van der Waals surface area contributed by atoms with E-state index in [1.807, 2.05) is 12.1 Å². The number of halogens is 2. The van der Waals surface area contributed by atoms with Crippen LogP contribution in [-0.2, 0) is 0 Å². The fraction of sp³-hybridized carbons (Fsp3) is 0.188. The molecule has 1 amide bonds. The van der Waals surface area contributed by atoms with Gasteiger partial charge in [-0.2, -0.15) is 0 Å². The molecule has 0 spiro atoms. The third kappa shape index (κ3) is 3.37. The van der Waals surface area contributed by atoms with Gasteiger partial charge in [0.05, 0.1) is 5.56 Å². The maximum Gasteiger partial charge on any atom is 0.257 e. The summed E-state index contributed by atoms with van der Waals surface area (Å²) in [6.07, 6.45) is 0. The number of benzene rings is 2. The van der Waals surface area contributed by atoms with Crippen LogP contribution in [-0.4, -0.2) is 5.91 Å². The maximum atomic E-state index is 13.2.